The Labute approximate surface area is 190 Å². The van der Waals surface area contributed by atoms with E-state index in [1.54, 1.807) is 0 Å². The molecule has 1 aliphatic heterocycles. The number of rotatable bonds is 6. The number of carbonyl (C=O) groups is 1. The highest BCUT2D eigenvalue weighted by atomic mass is 19.4. The van der Waals surface area contributed by atoms with Crippen LogP contribution in [-0.4, -0.2) is 74.1 Å². The molecule has 184 valence electrons. The summed E-state index contributed by atoms with van der Waals surface area (Å²) in [4.78, 5) is 26.2. The quantitative estimate of drug-likeness (QED) is 0.362. The minimum Gasteiger partial charge on any atom is -0.392 e. The highest BCUT2D eigenvalue weighted by Crippen LogP contribution is 2.35. The van der Waals surface area contributed by atoms with E-state index < -0.39 is 54.2 Å². The van der Waals surface area contributed by atoms with E-state index in [1.165, 1.54) is 32.6 Å². The molecular formula is C19H22F5N9O. The van der Waals surface area contributed by atoms with E-state index in [0.717, 1.165) is 9.70 Å². The van der Waals surface area contributed by atoms with E-state index in [-0.39, 0.29) is 18.2 Å². The van der Waals surface area contributed by atoms with E-state index in [4.69, 9.17) is 5.73 Å². The molecule has 0 radical (unpaired) electrons. The summed E-state index contributed by atoms with van der Waals surface area (Å²) in [5.41, 5.74) is 4.60. The van der Waals surface area contributed by atoms with Gasteiger partial charge in [-0.3, -0.25) is 9.79 Å². The van der Waals surface area contributed by atoms with Gasteiger partial charge >= 0.3 is 6.18 Å². The second-order valence-corrected chi connectivity index (χ2v) is 7.72. The molecule has 1 unspecified atom stereocenters. The van der Waals surface area contributed by atoms with Crippen LogP contribution in [0.25, 0.3) is 5.70 Å². The summed E-state index contributed by atoms with van der Waals surface area (Å²) in [6.45, 7) is 0.537. The first-order valence-corrected chi connectivity index (χ1v) is 10.0. The predicted octanol–water partition coefficient (Wildman–Crippen LogP) is 1.90. The van der Waals surface area contributed by atoms with Crippen molar-refractivity contribution in [2.45, 2.75) is 31.5 Å². The Hall–Kier alpha value is -3.65. The number of aliphatic imine (C=N–C) groups is 1. The lowest BCUT2D eigenvalue weighted by molar-refractivity contribution is -0.148. The van der Waals surface area contributed by atoms with Crippen molar-refractivity contribution in [3.8, 4) is 0 Å². The highest BCUT2D eigenvalue weighted by molar-refractivity contribution is 6.12. The van der Waals surface area contributed by atoms with E-state index in [9.17, 15) is 26.7 Å². The van der Waals surface area contributed by atoms with Gasteiger partial charge in [0.25, 0.3) is 11.8 Å². The number of piperidine rings is 1. The summed E-state index contributed by atoms with van der Waals surface area (Å²) in [7, 11) is 1.43. The van der Waals surface area contributed by atoms with E-state index in [1.807, 2.05) is 0 Å². The van der Waals surface area contributed by atoms with Crippen molar-refractivity contribution in [3.63, 3.8) is 0 Å². The molecule has 2 aromatic rings. The van der Waals surface area contributed by atoms with Gasteiger partial charge in [0.2, 0.25) is 5.95 Å². The number of nitrogens with zero attached hydrogens (tertiary/aromatic N) is 7. The molecule has 0 bridgehead atoms. The van der Waals surface area contributed by atoms with Gasteiger partial charge in [0.15, 0.2) is 0 Å². The Morgan fingerprint density at radius 3 is 2.47 bits per heavy atom. The molecule has 3 rings (SSSR count). The summed E-state index contributed by atoms with van der Waals surface area (Å²) in [5.74, 6) is -4.89. The Morgan fingerprint density at radius 1 is 1.29 bits per heavy atom. The van der Waals surface area contributed by atoms with Crippen LogP contribution in [0.15, 0.2) is 35.5 Å². The zero-order valence-corrected chi connectivity index (χ0v) is 18.2. The number of nitrogens with two attached hydrogens (primary N) is 1. The Balaban J connectivity index is 1.86. The van der Waals surface area contributed by atoms with Crippen molar-refractivity contribution in [3.05, 3.63) is 36.0 Å². The lowest BCUT2D eigenvalue weighted by Crippen LogP contribution is -2.58. The Kier molecular flexibility index (Phi) is 7.12. The topological polar surface area (TPSA) is 127 Å². The van der Waals surface area contributed by atoms with Crippen LogP contribution in [-0.2, 0) is 11.0 Å². The van der Waals surface area contributed by atoms with Crippen LogP contribution in [0.2, 0.25) is 0 Å². The van der Waals surface area contributed by atoms with Gasteiger partial charge in [0, 0.05) is 32.4 Å². The fourth-order valence-electron chi connectivity index (χ4n) is 3.60. The summed E-state index contributed by atoms with van der Waals surface area (Å²) in [5, 5.41) is 10.5. The molecule has 1 amide bonds. The Morgan fingerprint density at radius 2 is 1.91 bits per heavy atom. The molecule has 34 heavy (non-hydrogen) atoms. The smallest absolute Gasteiger partial charge is 0.392 e. The maximum Gasteiger partial charge on any atom is 0.419 e. The average Bonchev–Trinajstić information content (AvgIpc) is 3.29. The number of hydrogen-bond acceptors (Lipinski definition) is 8. The summed E-state index contributed by atoms with van der Waals surface area (Å²) >= 11 is 0. The molecule has 2 aromatic heterocycles. The number of hydrogen-bond donors (Lipinski definition) is 2. The molecule has 3 N–H and O–H groups in total. The van der Waals surface area contributed by atoms with E-state index in [0.29, 0.717) is 12.4 Å². The van der Waals surface area contributed by atoms with E-state index >= 15 is 0 Å². The molecule has 10 nitrogen and oxygen atoms in total. The van der Waals surface area contributed by atoms with Gasteiger partial charge in [0.05, 0.1) is 36.8 Å². The molecule has 15 heteroatoms. The first-order chi connectivity index (χ1) is 15.9. The van der Waals surface area contributed by atoms with Crippen LogP contribution in [0.4, 0.5) is 27.9 Å². The number of aromatic nitrogens is 5. The van der Waals surface area contributed by atoms with Gasteiger partial charge in [-0.15, -0.1) is 4.80 Å². The average molecular weight is 487 g/mol. The molecular weight excluding hydrogens is 465 g/mol. The maximum absolute atomic E-state index is 14.4. The van der Waals surface area contributed by atoms with Crippen molar-refractivity contribution in [2.75, 3.05) is 25.5 Å². The van der Waals surface area contributed by atoms with Gasteiger partial charge < -0.3 is 16.0 Å². The highest BCUT2D eigenvalue weighted by Gasteiger charge is 2.46. The first-order valence-electron chi connectivity index (χ1n) is 10.0. The molecule has 3 heterocycles. The largest absolute Gasteiger partial charge is 0.419 e. The maximum atomic E-state index is 14.4. The van der Waals surface area contributed by atoms with Crippen molar-refractivity contribution in [1.82, 2.24) is 29.9 Å². The van der Waals surface area contributed by atoms with Gasteiger partial charge in [0.1, 0.15) is 11.4 Å². The fourth-order valence-corrected chi connectivity index (χ4v) is 3.60. The van der Waals surface area contributed by atoms with Crippen LogP contribution in [0, 0.1) is 5.92 Å². The van der Waals surface area contributed by atoms with E-state index in [2.05, 4.69) is 30.5 Å². The van der Waals surface area contributed by atoms with Gasteiger partial charge in [-0.05, 0) is 5.92 Å². The normalized spacial score (nSPS) is 21.4. The molecule has 2 atom stereocenters. The van der Waals surface area contributed by atoms with Gasteiger partial charge in [-0.2, -0.15) is 23.4 Å². The third-order valence-corrected chi connectivity index (χ3v) is 5.18. The second kappa shape index (κ2) is 9.69. The Bertz CT molecular complexity index is 1050. The number of nitrogens with one attached hydrogen (secondary N) is 1. The number of likely N-dealkylation sites (tertiary alicyclic amines) is 1. The van der Waals surface area contributed by atoms with Crippen LogP contribution in [0.3, 0.4) is 0 Å². The van der Waals surface area contributed by atoms with Crippen LogP contribution >= 0.6 is 0 Å². The first kappa shape index (κ1) is 25.0. The zero-order chi connectivity index (χ0) is 25.1. The molecule has 1 fully saturated rings. The number of amides is 1. The molecule has 1 saturated heterocycles. The lowest BCUT2D eigenvalue weighted by Gasteiger charge is -2.43. The standard InChI is InChI=1S/C19H22F5N9O/c1-11-5-18(20,21)10-32(16(34)15(25)14(8-26-2)33-30-3-4-31-33)13(11)9-29-17-27-6-12(7-28-17)19(22,23)24/h3-4,6-8,11,13H,5,9-10,25H2,1-2H3,(H,27,28,29)/t11-,13?/m1/s1. The zero-order valence-electron chi connectivity index (χ0n) is 18.2. The molecule has 0 aliphatic carbocycles. The molecule has 0 saturated carbocycles. The van der Waals surface area contributed by atoms with Crippen molar-refractivity contribution in [2.24, 2.45) is 16.6 Å². The molecule has 0 spiro atoms. The lowest BCUT2D eigenvalue weighted by atomic mass is 9.88. The molecule has 0 aromatic carbocycles. The van der Waals surface area contributed by atoms with Crippen molar-refractivity contribution >= 4 is 23.8 Å². The van der Waals surface area contributed by atoms with Crippen molar-refractivity contribution in [1.29, 1.82) is 0 Å². The number of allylic oxidation sites excluding steroid dienone is 1. The van der Waals surface area contributed by atoms with Crippen LogP contribution in [0.5, 0.6) is 0 Å². The number of alkyl halides is 5. The molecule has 1 aliphatic rings. The van der Waals surface area contributed by atoms with Crippen molar-refractivity contribution < 1.29 is 26.7 Å². The third kappa shape index (κ3) is 5.63. The monoisotopic (exact) mass is 487 g/mol. The van der Waals surface area contributed by atoms with Gasteiger partial charge in [-0.1, -0.05) is 6.92 Å². The number of carbonyl (C=O) groups excluding carboxylic acids is 1. The summed E-state index contributed by atoms with van der Waals surface area (Å²) in [6, 6.07) is -0.790. The second-order valence-electron chi connectivity index (χ2n) is 7.72. The SMILES string of the molecule is CN=CC(=C(N)C(=O)N1CC(F)(F)C[C@@H](C)C1CNc1ncc(C(F)(F)F)cn1)n1nccn1. The minimum atomic E-state index is -4.60. The van der Waals surface area contributed by atoms with Gasteiger partial charge in [-0.25, -0.2) is 18.7 Å². The predicted molar refractivity (Wildman–Crippen MR) is 112 cm³/mol. The third-order valence-electron chi connectivity index (χ3n) is 5.18. The fraction of sp³-hybridized carbons (Fsp3) is 0.474. The summed E-state index contributed by atoms with van der Waals surface area (Å²) in [6.07, 6.45) is 0.0186. The number of anilines is 1. The summed E-state index contributed by atoms with van der Waals surface area (Å²) < 4.78 is 66.9. The number of halogens is 5. The minimum absolute atomic E-state index is 0.00294. The van der Waals surface area contributed by atoms with Crippen LogP contribution in [0.1, 0.15) is 18.9 Å². The van der Waals surface area contributed by atoms with Crippen LogP contribution < -0.4 is 11.1 Å².